The molecule has 0 aromatic carbocycles. The molecule has 0 radical (unpaired) electrons. The van der Waals surface area contributed by atoms with Crippen LogP contribution in [0.15, 0.2) is 10.8 Å². The van der Waals surface area contributed by atoms with E-state index in [1.807, 2.05) is 11.9 Å². The van der Waals surface area contributed by atoms with E-state index in [9.17, 15) is 5.11 Å². The van der Waals surface area contributed by atoms with Crippen LogP contribution in [0.1, 0.15) is 6.92 Å². The molecule has 15 heavy (non-hydrogen) atoms. The Morgan fingerprint density at radius 1 is 1.67 bits per heavy atom. The lowest BCUT2D eigenvalue weighted by Gasteiger charge is -2.21. The van der Waals surface area contributed by atoms with E-state index in [-0.39, 0.29) is 0 Å². The first kappa shape index (κ1) is 12.2. The number of aliphatic hydroxyl groups is 1. The second-order valence-corrected chi connectivity index (χ2v) is 4.03. The minimum Gasteiger partial charge on any atom is -0.392 e. The highest BCUT2D eigenvalue weighted by Crippen LogP contribution is 2.27. The number of nitrogens with zero attached hydrogens (tertiary/aromatic N) is 3. The molecule has 1 aromatic rings. The molecule has 84 valence electrons. The third-order valence-electron chi connectivity index (χ3n) is 1.81. The number of nitrogen functional groups attached to an aromatic ring is 1. The third-order valence-corrected chi connectivity index (χ3v) is 2.54. The number of hydrazine groups is 1. The average molecular weight is 276 g/mol. The van der Waals surface area contributed by atoms with Gasteiger partial charge in [-0.15, -0.1) is 0 Å². The summed E-state index contributed by atoms with van der Waals surface area (Å²) in [5.41, 5.74) is 2.46. The summed E-state index contributed by atoms with van der Waals surface area (Å²) in [5, 5.41) is 9.26. The molecule has 0 saturated heterocycles. The summed E-state index contributed by atoms with van der Waals surface area (Å²) >= 11 is 3.34. The fourth-order valence-electron chi connectivity index (χ4n) is 1.21. The van der Waals surface area contributed by atoms with E-state index >= 15 is 0 Å². The summed E-state index contributed by atoms with van der Waals surface area (Å²) in [6.45, 7) is 2.20. The Morgan fingerprint density at radius 2 is 2.33 bits per heavy atom. The van der Waals surface area contributed by atoms with Crippen LogP contribution in [0, 0.1) is 0 Å². The number of aromatic nitrogens is 2. The molecule has 0 fully saturated rings. The molecule has 0 spiro atoms. The minimum atomic E-state index is -0.425. The van der Waals surface area contributed by atoms with E-state index in [1.54, 1.807) is 6.92 Å². The van der Waals surface area contributed by atoms with Gasteiger partial charge < -0.3 is 15.4 Å². The number of hydrogen-bond acceptors (Lipinski definition) is 6. The van der Waals surface area contributed by atoms with Crippen LogP contribution in [0.25, 0.3) is 0 Å². The zero-order valence-corrected chi connectivity index (χ0v) is 10.2. The SMILES string of the molecule is CC(O)CN(C)c1ncnc(NN)c1Br. The molecule has 0 aliphatic carbocycles. The van der Waals surface area contributed by atoms with Gasteiger partial charge in [0, 0.05) is 13.6 Å². The molecule has 0 aliphatic heterocycles. The molecule has 1 rings (SSSR count). The van der Waals surface area contributed by atoms with E-state index in [1.165, 1.54) is 6.33 Å². The highest BCUT2D eigenvalue weighted by Gasteiger charge is 2.12. The van der Waals surface area contributed by atoms with Crippen molar-refractivity contribution in [2.24, 2.45) is 5.84 Å². The summed E-state index contributed by atoms with van der Waals surface area (Å²) in [6, 6.07) is 0. The predicted molar refractivity (Wildman–Crippen MR) is 62.5 cm³/mol. The number of nitrogens with two attached hydrogens (primary N) is 1. The van der Waals surface area contributed by atoms with E-state index in [0.29, 0.717) is 22.7 Å². The van der Waals surface area contributed by atoms with Crippen LogP contribution in [0.3, 0.4) is 0 Å². The molecule has 0 saturated carbocycles. The van der Waals surface area contributed by atoms with Crippen molar-refractivity contribution >= 4 is 27.6 Å². The predicted octanol–water partition coefficient (Wildman–Crippen LogP) is 0.342. The largest absolute Gasteiger partial charge is 0.392 e. The molecule has 0 aliphatic rings. The Morgan fingerprint density at radius 3 is 2.87 bits per heavy atom. The standard InChI is InChI=1S/C8H14BrN5O/c1-5(15)3-14(2)8-6(9)7(13-10)11-4-12-8/h4-5,15H,3,10H2,1-2H3,(H,11,12,13). The van der Waals surface area contributed by atoms with Gasteiger partial charge in [0.05, 0.1) is 6.10 Å². The van der Waals surface area contributed by atoms with Crippen LogP contribution < -0.4 is 16.2 Å². The third kappa shape index (κ3) is 3.01. The fourth-order valence-corrected chi connectivity index (χ4v) is 1.83. The van der Waals surface area contributed by atoms with Gasteiger partial charge in [-0.1, -0.05) is 0 Å². The maximum atomic E-state index is 9.26. The molecule has 1 aromatic heterocycles. The van der Waals surface area contributed by atoms with Gasteiger partial charge in [-0.3, -0.25) is 0 Å². The van der Waals surface area contributed by atoms with Crippen LogP contribution in [-0.4, -0.2) is 34.8 Å². The van der Waals surface area contributed by atoms with Crippen LogP contribution in [0.4, 0.5) is 11.6 Å². The van der Waals surface area contributed by atoms with Crippen molar-refractivity contribution in [3.63, 3.8) is 0 Å². The van der Waals surface area contributed by atoms with Gasteiger partial charge in [0.25, 0.3) is 0 Å². The molecule has 1 heterocycles. The summed E-state index contributed by atoms with van der Waals surface area (Å²) in [6.07, 6.45) is 0.986. The van der Waals surface area contributed by atoms with Crippen LogP contribution in [0.5, 0.6) is 0 Å². The van der Waals surface area contributed by atoms with Crippen LogP contribution in [-0.2, 0) is 0 Å². The monoisotopic (exact) mass is 275 g/mol. The number of anilines is 2. The first-order valence-electron chi connectivity index (χ1n) is 4.42. The molecular formula is C8H14BrN5O. The summed E-state index contributed by atoms with van der Waals surface area (Å²) < 4.78 is 0.677. The van der Waals surface area contributed by atoms with Crippen molar-refractivity contribution in [3.8, 4) is 0 Å². The van der Waals surface area contributed by atoms with Crippen molar-refractivity contribution in [2.45, 2.75) is 13.0 Å². The van der Waals surface area contributed by atoms with Gasteiger partial charge in [0.15, 0.2) is 5.82 Å². The second kappa shape index (κ2) is 5.24. The zero-order chi connectivity index (χ0) is 11.4. The van der Waals surface area contributed by atoms with Gasteiger partial charge in [-0.25, -0.2) is 15.8 Å². The molecule has 4 N–H and O–H groups in total. The Kier molecular flexibility index (Phi) is 4.25. The Balaban J connectivity index is 2.93. The molecule has 0 amide bonds. The maximum Gasteiger partial charge on any atom is 0.159 e. The van der Waals surface area contributed by atoms with Crippen molar-refractivity contribution < 1.29 is 5.11 Å². The first-order chi connectivity index (χ1) is 7.06. The molecule has 1 unspecified atom stereocenters. The lowest BCUT2D eigenvalue weighted by atomic mass is 10.3. The van der Waals surface area contributed by atoms with Gasteiger partial charge in [0.2, 0.25) is 0 Å². The number of aliphatic hydroxyl groups excluding tert-OH is 1. The van der Waals surface area contributed by atoms with Gasteiger partial charge >= 0.3 is 0 Å². The highest BCUT2D eigenvalue weighted by atomic mass is 79.9. The second-order valence-electron chi connectivity index (χ2n) is 3.23. The van der Waals surface area contributed by atoms with Gasteiger partial charge in [-0.2, -0.15) is 0 Å². The lowest BCUT2D eigenvalue weighted by Crippen LogP contribution is -2.28. The summed E-state index contributed by atoms with van der Waals surface area (Å²) in [4.78, 5) is 9.85. The van der Waals surface area contributed by atoms with E-state index < -0.39 is 6.10 Å². The Bertz CT molecular complexity index is 333. The van der Waals surface area contributed by atoms with E-state index in [4.69, 9.17) is 5.84 Å². The lowest BCUT2D eigenvalue weighted by molar-refractivity contribution is 0.201. The Hall–Kier alpha value is -0.920. The smallest absolute Gasteiger partial charge is 0.159 e. The topological polar surface area (TPSA) is 87.3 Å². The Labute approximate surface area is 96.6 Å². The number of halogens is 1. The van der Waals surface area contributed by atoms with Gasteiger partial charge in [0.1, 0.15) is 16.6 Å². The number of hydrogen-bond donors (Lipinski definition) is 3. The van der Waals surface area contributed by atoms with Crippen molar-refractivity contribution in [1.82, 2.24) is 9.97 Å². The molecular weight excluding hydrogens is 262 g/mol. The molecule has 1 atom stereocenters. The van der Waals surface area contributed by atoms with Crippen LogP contribution >= 0.6 is 15.9 Å². The number of nitrogens with one attached hydrogen (secondary N) is 1. The minimum absolute atomic E-state index is 0.425. The maximum absolute atomic E-state index is 9.26. The van der Waals surface area contributed by atoms with E-state index in [2.05, 4.69) is 31.3 Å². The number of rotatable bonds is 4. The van der Waals surface area contributed by atoms with E-state index in [0.717, 1.165) is 0 Å². The van der Waals surface area contributed by atoms with Crippen molar-refractivity contribution in [2.75, 3.05) is 23.9 Å². The molecule has 0 bridgehead atoms. The first-order valence-corrected chi connectivity index (χ1v) is 5.22. The average Bonchev–Trinajstić information content (AvgIpc) is 2.17. The van der Waals surface area contributed by atoms with Crippen molar-refractivity contribution in [3.05, 3.63) is 10.8 Å². The summed E-state index contributed by atoms with van der Waals surface area (Å²) in [7, 11) is 1.83. The highest BCUT2D eigenvalue weighted by molar-refractivity contribution is 9.10. The van der Waals surface area contributed by atoms with Gasteiger partial charge in [-0.05, 0) is 22.9 Å². The quantitative estimate of drug-likeness (QED) is 0.543. The van der Waals surface area contributed by atoms with Crippen LogP contribution in [0.2, 0.25) is 0 Å². The normalized spacial score (nSPS) is 12.3. The molecule has 6 nitrogen and oxygen atoms in total. The summed E-state index contributed by atoms with van der Waals surface area (Å²) in [5.74, 6) is 6.47. The fraction of sp³-hybridized carbons (Fsp3) is 0.500. The zero-order valence-electron chi connectivity index (χ0n) is 8.61. The number of likely N-dealkylation sites (N-methyl/N-ethyl adjacent to an activating group) is 1. The molecule has 7 heteroatoms. The van der Waals surface area contributed by atoms with Crippen molar-refractivity contribution in [1.29, 1.82) is 0 Å².